The van der Waals surface area contributed by atoms with Crippen LogP contribution in [-0.4, -0.2) is 120 Å². The Hall–Kier alpha value is -2.27. The van der Waals surface area contributed by atoms with Gasteiger partial charge >= 0.3 is 5.97 Å². The van der Waals surface area contributed by atoms with Gasteiger partial charge in [-0.1, -0.05) is 39.3 Å². The van der Waals surface area contributed by atoms with Crippen molar-refractivity contribution in [3.8, 4) is 0 Å². The largest absolute Gasteiger partial charge is 0.465 e. The van der Waals surface area contributed by atoms with E-state index < -0.39 is 41.1 Å². The third kappa shape index (κ3) is 5.48. The Morgan fingerprint density at radius 3 is 2.59 bits per heavy atom. The van der Waals surface area contributed by atoms with Crippen LogP contribution in [0.3, 0.4) is 0 Å². The number of likely N-dealkylation sites (tertiary alicyclic amines) is 1. The molecule has 2 amide bonds. The average Bonchev–Trinajstić information content (AvgIpc) is 3.48. The van der Waals surface area contributed by atoms with Gasteiger partial charge in [0.25, 0.3) is 0 Å². The van der Waals surface area contributed by atoms with Crippen LogP contribution in [0.2, 0.25) is 0 Å². The molecule has 4 rings (SSSR count). The Balaban J connectivity index is 1.74. The average molecular weight is 576 g/mol. The second-order valence-corrected chi connectivity index (χ2v) is 12.4. The monoisotopic (exact) mass is 575 g/mol. The quantitative estimate of drug-likeness (QED) is 0.190. The molecule has 4 aliphatic heterocycles. The first kappa shape index (κ1) is 31.7. The Kier molecular flexibility index (Phi) is 9.99. The van der Waals surface area contributed by atoms with Crippen molar-refractivity contribution in [1.29, 1.82) is 0 Å². The van der Waals surface area contributed by atoms with Crippen LogP contribution in [0.15, 0.2) is 25.3 Å². The minimum atomic E-state index is -1.19. The van der Waals surface area contributed by atoms with E-state index in [1.807, 2.05) is 27.7 Å². The van der Waals surface area contributed by atoms with Gasteiger partial charge in [0.2, 0.25) is 11.8 Å². The van der Waals surface area contributed by atoms with Crippen LogP contribution in [-0.2, 0) is 28.6 Å². The molecule has 1 spiro atoms. The highest BCUT2D eigenvalue weighted by Crippen LogP contribution is 2.65. The van der Waals surface area contributed by atoms with Gasteiger partial charge in [0.1, 0.15) is 17.6 Å². The third-order valence-corrected chi connectivity index (χ3v) is 10.1. The highest BCUT2D eigenvalue weighted by atomic mass is 16.6. The third-order valence-electron chi connectivity index (χ3n) is 10.1. The molecule has 0 aromatic carbocycles. The number of carbonyl (C=O) groups is 3. The first-order valence-corrected chi connectivity index (χ1v) is 15.2. The summed E-state index contributed by atoms with van der Waals surface area (Å²) in [4.78, 5) is 48.3. The van der Waals surface area contributed by atoms with E-state index in [-0.39, 0.29) is 36.9 Å². The molecule has 0 radical (unpaired) electrons. The topological polar surface area (TPSA) is 109 Å². The number of esters is 1. The number of nitrogens with zero attached hydrogens (tertiary/aromatic N) is 3. The highest BCUT2D eigenvalue weighted by molar-refractivity contribution is 5.98. The molecule has 1 N–H and O–H groups in total. The van der Waals surface area contributed by atoms with Crippen LogP contribution in [0.1, 0.15) is 47.0 Å². The molecule has 230 valence electrons. The SMILES string of the molecule is C=CCCOC(=O)[C@H]1[C@H]2C(=O)N([C@@H](CO)[C@@H](C)CC)C(C(=O)N(CC=C)CCN3CCOCC3)C23CC(C)[C@]1(C)O3. The molecule has 4 fully saturated rings. The zero-order valence-corrected chi connectivity index (χ0v) is 25.3. The molecular formula is C31H49N3O7. The first-order chi connectivity index (χ1) is 19.6. The van der Waals surface area contributed by atoms with Crippen LogP contribution >= 0.6 is 0 Å². The van der Waals surface area contributed by atoms with Crippen molar-refractivity contribution in [2.75, 3.05) is 59.2 Å². The van der Waals surface area contributed by atoms with E-state index in [4.69, 9.17) is 14.2 Å². The van der Waals surface area contributed by atoms with Gasteiger partial charge < -0.3 is 29.1 Å². The number of ether oxygens (including phenoxy) is 3. The fraction of sp³-hybridized carbons (Fsp3) is 0.774. The number of fused-ring (bicyclic) bond motifs is 1. The Morgan fingerprint density at radius 2 is 1.98 bits per heavy atom. The molecule has 3 unspecified atom stereocenters. The zero-order chi connectivity index (χ0) is 29.9. The fourth-order valence-corrected chi connectivity index (χ4v) is 7.53. The molecule has 8 atom stereocenters. The molecular weight excluding hydrogens is 526 g/mol. The van der Waals surface area contributed by atoms with Crippen LogP contribution in [0.4, 0.5) is 0 Å². The van der Waals surface area contributed by atoms with Crippen molar-refractivity contribution in [3.05, 3.63) is 25.3 Å². The summed E-state index contributed by atoms with van der Waals surface area (Å²) in [5, 5.41) is 10.6. The molecule has 4 aliphatic rings. The van der Waals surface area contributed by atoms with Gasteiger partial charge in [-0.2, -0.15) is 0 Å². The minimum Gasteiger partial charge on any atom is -0.465 e. The van der Waals surface area contributed by atoms with Crippen LogP contribution in [0.5, 0.6) is 0 Å². The van der Waals surface area contributed by atoms with Gasteiger partial charge in [0, 0.05) is 32.7 Å². The van der Waals surface area contributed by atoms with Gasteiger partial charge in [-0.05, 0) is 31.6 Å². The summed E-state index contributed by atoms with van der Waals surface area (Å²) in [5.74, 6) is -2.88. The molecule has 10 heteroatoms. The van der Waals surface area contributed by atoms with E-state index in [1.54, 1.807) is 22.0 Å². The summed E-state index contributed by atoms with van der Waals surface area (Å²) in [6.45, 7) is 19.7. The van der Waals surface area contributed by atoms with Crippen molar-refractivity contribution in [2.45, 2.75) is 70.2 Å². The van der Waals surface area contributed by atoms with E-state index in [2.05, 4.69) is 18.1 Å². The van der Waals surface area contributed by atoms with Crippen molar-refractivity contribution in [3.63, 3.8) is 0 Å². The fourth-order valence-electron chi connectivity index (χ4n) is 7.53. The number of morpholine rings is 1. The number of aliphatic hydroxyl groups is 1. The number of amides is 2. The number of aliphatic hydroxyl groups excluding tert-OH is 1. The number of rotatable bonds is 14. The number of hydrogen-bond donors (Lipinski definition) is 1. The maximum absolute atomic E-state index is 14.7. The van der Waals surface area contributed by atoms with E-state index >= 15 is 0 Å². The van der Waals surface area contributed by atoms with Crippen molar-refractivity contribution in [2.24, 2.45) is 23.7 Å². The number of carbonyl (C=O) groups excluding carboxylic acids is 3. The lowest BCUT2D eigenvalue weighted by Crippen LogP contribution is -2.60. The molecule has 41 heavy (non-hydrogen) atoms. The highest BCUT2D eigenvalue weighted by Gasteiger charge is 2.80. The van der Waals surface area contributed by atoms with Gasteiger partial charge in [-0.25, -0.2) is 0 Å². The molecule has 0 aromatic heterocycles. The maximum atomic E-state index is 14.7. The van der Waals surface area contributed by atoms with Gasteiger partial charge in [-0.15, -0.1) is 13.2 Å². The first-order valence-electron chi connectivity index (χ1n) is 15.2. The molecule has 2 bridgehead atoms. The number of hydrogen-bond acceptors (Lipinski definition) is 8. The van der Waals surface area contributed by atoms with Gasteiger partial charge in [0.05, 0.1) is 44.0 Å². The van der Waals surface area contributed by atoms with E-state index in [0.717, 1.165) is 13.1 Å². The van der Waals surface area contributed by atoms with Gasteiger partial charge in [-0.3, -0.25) is 19.3 Å². The van der Waals surface area contributed by atoms with Crippen LogP contribution in [0.25, 0.3) is 0 Å². The lowest BCUT2D eigenvalue weighted by Gasteiger charge is -2.41. The Labute approximate surface area is 244 Å². The molecule has 0 aliphatic carbocycles. The summed E-state index contributed by atoms with van der Waals surface area (Å²) in [6.07, 6.45) is 5.05. The molecule has 10 nitrogen and oxygen atoms in total. The zero-order valence-electron chi connectivity index (χ0n) is 25.3. The normalized spacial score (nSPS) is 34.3. The predicted molar refractivity (Wildman–Crippen MR) is 154 cm³/mol. The molecule has 0 saturated carbocycles. The molecule has 4 saturated heterocycles. The second-order valence-electron chi connectivity index (χ2n) is 12.4. The van der Waals surface area contributed by atoms with Crippen LogP contribution in [0, 0.1) is 23.7 Å². The Bertz CT molecular complexity index is 1000. The van der Waals surface area contributed by atoms with E-state index in [0.29, 0.717) is 52.1 Å². The summed E-state index contributed by atoms with van der Waals surface area (Å²) in [7, 11) is 0. The summed E-state index contributed by atoms with van der Waals surface area (Å²) in [5.41, 5.74) is -2.14. The summed E-state index contributed by atoms with van der Waals surface area (Å²) in [6, 6.07) is -1.56. The Morgan fingerprint density at radius 1 is 1.27 bits per heavy atom. The van der Waals surface area contributed by atoms with E-state index in [1.165, 1.54) is 0 Å². The second kappa shape index (κ2) is 12.9. The van der Waals surface area contributed by atoms with Crippen LogP contribution < -0.4 is 0 Å². The lowest BCUT2D eigenvalue weighted by atomic mass is 9.62. The maximum Gasteiger partial charge on any atom is 0.312 e. The van der Waals surface area contributed by atoms with Crippen molar-refractivity contribution >= 4 is 17.8 Å². The summed E-state index contributed by atoms with van der Waals surface area (Å²) < 4.78 is 17.9. The standard InChI is InChI=1S/C31H49N3O7/c1-7-10-16-40-29(38)25-24-27(36)34(23(20-35)21(4)9-3)26(31(24)19-22(5)30(25,6)41-31)28(37)33(11-8-2)13-12-32-14-17-39-18-15-32/h7-8,21-26,35H,1-2,9-20H2,3-6H3/t21-,22?,23-,24-,25+,26?,30-,31?/m0/s1. The minimum absolute atomic E-state index is 0.0705. The van der Waals surface area contributed by atoms with Crippen molar-refractivity contribution < 1.29 is 33.7 Å². The van der Waals surface area contributed by atoms with Crippen molar-refractivity contribution in [1.82, 2.24) is 14.7 Å². The summed E-state index contributed by atoms with van der Waals surface area (Å²) >= 11 is 0. The molecule has 0 aromatic rings. The van der Waals surface area contributed by atoms with Gasteiger partial charge in [0.15, 0.2) is 0 Å². The predicted octanol–water partition coefficient (Wildman–Crippen LogP) is 1.87. The van der Waals surface area contributed by atoms with E-state index in [9.17, 15) is 19.5 Å². The smallest absolute Gasteiger partial charge is 0.312 e. The molecule has 4 heterocycles. The lowest BCUT2D eigenvalue weighted by molar-refractivity contribution is -0.164.